The number of hydrogen-bond acceptors (Lipinski definition) is 4. The van der Waals surface area contributed by atoms with Gasteiger partial charge in [-0.2, -0.15) is 18.3 Å². The molecule has 0 radical (unpaired) electrons. The summed E-state index contributed by atoms with van der Waals surface area (Å²) in [5, 5.41) is 10.1. The molecule has 4 aromatic rings. The Hall–Kier alpha value is -3.95. The Morgan fingerprint density at radius 3 is 2.59 bits per heavy atom. The fourth-order valence-electron chi connectivity index (χ4n) is 3.82. The number of carbonyl (C=O) groups excluding carboxylic acids is 2. The van der Waals surface area contributed by atoms with Gasteiger partial charge in [-0.25, -0.2) is 9.50 Å². The molecule has 2 N–H and O–H groups in total. The van der Waals surface area contributed by atoms with Crippen molar-refractivity contribution < 1.29 is 22.8 Å². The number of amides is 2. The molecule has 2 heterocycles. The van der Waals surface area contributed by atoms with E-state index in [2.05, 4.69) is 10.4 Å². The van der Waals surface area contributed by atoms with E-state index in [1.165, 1.54) is 18.2 Å². The minimum atomic E-state index is -4.50. The number of nitrogens with zero attached hydrogens (tertiary/aromatic N) is 3. The van der Waals surface area contributed by atoms with Crippen LogP contribution in [-0.4, -0.2) is 39.1 Å². The molecule has 0 aliphatic carbocycles. The van der Waals surface area contributed by atoms with Crippen molar-refractivity contribution in [3.63, 3.8) is 0 Å². The first-order valence-corrected chi connectivity index (χ1v) is 10.6. The van der Waals surface area contributed by atoms with E-state index in [0.29, 0.717) is 12.1 Å². The van der Waals surface area contributed by atoms with Crippen LogP contribution < -0.4 is 10.6 Å². The van der Waals surface area contributed by atoms with Crippen LogP contribution in [-0.2, 0) is 11.2 Å². The minimum Gasteiger partial charge on any atom is -0.343 e. The molecule has 0 aliphatic rings. The number of rotatable bonds is 6. The lowest BCUT2D eigenvalue weighted by Gasteiger charge is -2.12. The van der Waals surface area contributed by atoms with E-state index in [-0.39, 0.29) is 17.9 Å². The molecule has 7 nitrogen and oxygen atoms in total. The number of anilines is 1. The van der Waals surface area contributed by atoms with Crippen molar-refractivity contribution in [1.82, 2.24) is 19.9 Å². The third-order valence-corrected chi connectivity index (χ3v) is 5.48. The van der Waals surface area contributed by atoms with Gasteiger partial charge in [0, 0.05) is 34.4 Å². The summed E-state index contributed by atoms with van der Waals surface area (Å²) in [6.07, 6.45) is -3.92. The van der Waals surface area contributed by atoms with Crippen molar-refractivity contribution in [2.75, 3.05) is 11.9 Å². The Kier molecular flexibility index (Phi) is 6.23. The van der Waals surface area contributed by atoms with Gasteiger partial charge in [0.1, 0.15) is 6.54 Å². The van der Waals surface area contributed by atoms with E-state index in [1.54, 1.807) is 10.6 Å². The molecule has 0 atom stereocenters. The average Bonchev–Trinajstić information content (AvgIpc) is 3.16. The molecule has 0 unspecified atom stereocenters. The molecule has 10 heteroatoms. The molecule has 0 saturated heterocycles. The summed E-state index contributed by atoms with van der Waals surface area (Å²) in [5.74, 6) is -1.16. The molecule has 0 aliphatic heterocycles. The number of alkyl halides is 3. The maximum atomic E-state index is 12.5. The standard InChI is InChI=1S/C24H22F3N5O2/c1-14-18(15(2)32-22(29-14)19-8-3-4-9-20(19)31-32)10-11-21(33)30-17-7-5-6-16(12-17)23(34)28-13-24(25,26)27/h3-9,12H,10-11,13H2,1-2H3,(H,28,34)(H,30,33). The van der Waals surface area contributed by atoms with Crippen molar-refractivity contribution >= 4 is 34.1 Å². The maximum Gasteiger partial charge on any atom is 0.405 e. The number of aromatic nitrogens is 3. The zero-order chi connectivity index (χ0) is 24.5. The number of aryl methyl sites for hydroxylation is 2. The Balaban J connectivity index is 1.44. The zero-order valence-electron chi connectivity index (χ0n) is 18.5. The highest BCUT2D eigenvalue weighted by Gasteiger charge is 2.28. The molecule has 0 saturated carbocycles. The van der Waals surface area contributed by atoms with Crippen LogP contribution in [0.5, 0.6) is 0 Å². The minimum absolute atomic E-state index is 0.0224. The molecule has 34 heavy (non-hydrogen) atoms. The van der Waals surface area contributed by atoms with E-state index in [9.17, 15) is 22.8 Å². The first-order valence-electron chi connectivity index (χ1n) is 10.6. The van der Waals surface area contributed by atoms with Crippen LogP contribution in [0.4, 0.5) is 18.9 Å². The van der Waals surface area contributed by atoms with Gasteiger partial charge >= 0.3 is 6.18 Å². The predicted molar refractivity (Wildman–Crippen MR) is 122 cm³/mol. The van der Waals surface area contributed by atoms with Crippen LogP contribution in [0, 0.1) is 13.8 Å². The largest absolute Gasteiger partial charge is 0.405 e. The molecule has 0 fully saturated rings. The normalized spacial score (nSPS) is 11.7. The highest BCUT2D eigenvalue weighted by molar-refractivity contribution is 5.97. The number of halogens is 3. The van der Waals surface area contributed by atoms with Crippen LogP contribution in [0.2, 0.25) is 0 Å². The van der Waals surface area contributed by atoms with Gasteiger partial charge in [-0.05, 0) is 56.2 Å². The summed E-state index contributed by atoms with van der Waals surface area (Å²) in [6.45, 7) is 2.40. The van der Waals surface area contributed by atoms with Gasteiger partial charge < -0.3 is 10.6 Å². The third-order valence-electron chi connectivity index (χ3n) is 5.48. The van der Waals surface area contributed by atoms with E-state index < -0.39 is 18.6 Å². The summed E-state index contributed by atoms with van der Waals surface area (Å²) < 4.78 is 38.8. The van der Waals surface area contributed by atoms with Crippen molar-refractivity contribution in [3.8, 4) is 0 Å². The van der Waals surface area contributed by atoms with Crippen LogP contribution in [0.25, 0.3) is 16.6 Å². The second kappa shape index (κ2) is 9.12. The summed E-state index contributed by atoms with van der Waals surface area (Å²) in [6, 6.07) is 13.5. The van der Waals surface area contributed by atoms with Gasteiger partial charge in [0.2, 0.25) is 5.91 Å². The van der Waals surface area contributed by atoms with Crippen molar-refractivity contribution in [2.24, 2.45) is 0 Å². The molecule has 176 valence electrons. The Morgan fingerprint density at radius 2 is 1.82 bits per heavy atom. The Morgan fingerprint density at radius 1 is 1.06 bits per heavy atom. The topological polar surface area (TPSA) is 88.4 Å². The first kappa shape index (κ1) is 23.2. The highest BCUT2D eigenvalue weighted by Crippen LogP contribution is 2.23. The van der Waals surface area contributed by atoms with Gasteiger partial charge in [0.05, 0.1) is 5.52 Å². The second-order valence-corrected chi connectivity index (χ2v) is 7.94. The monoisotopic (exact) mass is 469 g/mol. The van der Waals surface area contributed by atoms with Crippen molar-refractivity contribution in [1.29, 1.82) is 0 Å². The molecular weight excluding hydrogens is 447 g/mol. The fraction of sp³-hybridized carbons (Fsp3) is 0.250. The van der Waals surface area contributed by atoms with E-state index in [0.717, 1.165) is 33.5 Å². The summed E-state index contributed by atoms with van der Waals surface area (Å²) in [5.41, 5.74) is 4.57. The quantitative estimate of drug-likeness (QED) is 0.439. The third kappa shape index (κ3) is 5.00. The van der Waals surface area contributed by atoms with E-state index in [1.807, 2.05) is 43.4 Å². The molecule has 2 amide bonds. The number of fused-ring (bicyclic) bond motifs is 3. The molecule has 0 bridgehead atoms. The van der Waals surface area contributed by atoms with Crippen LogP contribution in [0.3, 0.4) is 0 Å². The maximum absolute atomic E-state index is 12.5. The van der Waals surface area contributed by atoms with Crippen molar-refractivity contribution in [2.45, 2.75) is 32.9 Å². The Bertz CT molecular complexity index is 1390. The first-order chi connectivity index (χ1) is 16.1. The second-order valence-electron chi connectivity index (χ2n) is 7.94. The summed E-state index contributed by atoms with van der Waals surface area (Å²) in [4.78, 5) is 29.2. The molecule has 2 aromatic carbocycles. The van der Waals surface area contributed by atoms with E-state index in [4.69, 9.17) is 4.98 Å². The van der Waals surface area contributed by atoms with Crippen LogP contribution >= 0.6 is 0 Å². The van der Waals surface area contributed by atoms with Crippen molar-refractivity contribution in [3.05, 3.63) is 71.0 Å². The van der Waals surface area contributed by atoms with Gasteiger partial charge in [0.15, 0.2) is 5.65 Å². The Labute approximate surface area is 193 Å². The molecule has 0 spiro atoms. The summed E-state index contributed by atoms with van der Waals surface area (Å²) in [7, 11) is 0. The smallest absolute Gasteiger partial charge is 0.343 e. The van der Waals surface area contributed by atoms with Crippen LogP contribution in [0.15, 0.2) is 48.5 Å². The van der Waals surface area contributed by atoms with Gasteiger partial charge in [-0.3, -0.25) is 9.59 Å². The average molecular weight is 469 g/mol. The SMILES string of the molecule is Cc1nc2c3ccccc3nn2c(C)c1CCC(=O)Nc1cccc(C(=O)NCC(F)(F)F)c1. The lowest BCUT2D eigenvalue weighted by atomic mass is 10.1. The molecular formula is C24H22F3N5O2. The van der Waals surface area contributed by atoms with Gasteiger partial charge in [-0.1, -0.05) is 18.2 Å². The molecule has 4 rings (SSSR count). The lowest BCUT2D eigenvalue weighted by Crippen LogP contribution is -2.33. The fourth-order valence-corrected chi connectivity index (χ4v) is 3.82. The van der Waals surface area contributed by atoms with Gasteiger partial charge in [0.25, 0.3) is 5.91 Å². The number of carbonyl (C=O) groups is 2. The molecule has 2 aromatic heterocycles. The van der Waals surface area contributed by atoms with E-state index >= 15 is 0 Å². The van der Waals surface area contributed by atoms with Crippen LogP contribution in [0.1, 0.15) is 33.7 Å². The highest BCUT2D eigenvalue weighted by atomic mass is 19.4. The number of benzene rings is 2. The summed E-state index contributed by atoms with van der Waals surface area (Å²) >= 11 is 0. The van der Waals surface area contributed by atoms with Gasteiger partial charge in [-0.15, -0.1) is 0 Å². The number of nitrogens with one attached hydrogen (secondary N) is 2. The number of hydrogen-bond donors (Lipinski definition) is 2. The lowest BCUT2D eigenvalue weighted by molar-refractivity contribution is -0.123. The predicted octanol–water partition coefficient (Wildman–Crippen LogP) is 4.36. The zero-order valence-corrected chi connectivity index (χ0v) is 18.5.